The molecule has 11 heteroatoms. The Hall–Kier alpha value is -4.38. The summed E-state index contributed by atoms with van der Waals surface area (Å²) in [7, 11) is 0. The van der Waals surface area contributed by atoms with Crippen LogP contribution in [0.2, 0.25) is 0 Å². The van der Waals surface area contributed by atoms with Crippen LogP contribution in [-0.2, 0) is 24.0 Å². The summed E-state index contributed by atoms with van der Waals surface area (Å²) in [6.45, 7) is 2.68. The van der Waals surface area contributed by atoms with Crippen LogP contribution in [0.25, 0.3) is 11.0 Å². The van der Waals surface area contributed by atoms with Crippen LogP contribution in [0.4, 0.5) is 13.2 Å². The van der Waals surface area contributed by atoms with Crippen LogP contribution >= 0.6 is 0 Å². The van der Waals surface area contributed by atoms with E-state index in [4.69, 9.17) is 18.6 Å². The number of alkyl halides is 3. The molecular weight excluding hydrogens is 505 g/mol. The molecule has 1 aliphatic rings. The Labute approximate surface area is 214 Å². The van der Waals surface area contributed by atoms with Crippen LogP contribution in [0, 0.1) is 0 Å². The number of aromatic nitrogens is 1. The zero-order valence-electron chi connectivity index (χ0n) is 20.1. The molecule has 0 aliphatic carbocycles. The molecule has 8 nitrogen and oxygen atoms in total. The van der Waals surface area contributed by atoms with E-state index in [0.29, 0.717) is 17.9 Å². The molecular formula is C27H21F3N2O6. The highest BCUT2D eigenvalue weighted by molar-refractivity contribution is 5.89. The Morgan fingerprint density at radius 2 is 1.82 bits per heavy atom. The second-order valence-electron chi connectivity index (χ2n) is 8.47. The maximum absolute atomic E-state index is 14.1. The number of carbonyl (C=O) groups is 1. The lowest BCUT2D eigenvalue weighted by molar-refractivity contribution is -0.154. The summed E-state index contributed by atoms with van der Waals surface area (Å²) in [6, 6.07) is 11.7. The number of nitrogens with zero attached hydrogens (tertiary/aromatic N) is 2. The first-order chi connectivity index (χ1) is 18.2. The van der Waals surface area contributed by atoms with Gasteiger partial charge >= 0.3 is 12.1 Å². The minimum atomic E-state index is -5.03. The third-order valence-electron chi connectivity index (χ3n) is 5.86. The maximum atomic E-state index is 14.1. The van der Waals surface area contributed by atoms with E-state index in [-0.39, 0.29) is 42.2 Å². The van der Waals surface area contributed by atoms with Crippen LogP contribution in [0.5, 0.6) is 17.2 Å². The Balaban J connectivity index is 1.53. The van der Waals surface area contributed by atoms with E-state index in [9.17, 15) is 22.8 Å². The van der Waals surface area contributed by atoms with Gasteiger partial charge in [-0.25, -0.2) is 4.79 Å². The van der Waals surface area contributed by atoms with E-state index in [1.54, 1.807) is 19.3 Å². The van der Waals surface area contributed by atoms with Gasteiger partial charge in [-0.3, -0.25) is 14.7 Å². The molecule has 0 amide bonds. The summed E-state index contributed by atoms with van der Waals surface area (Å²) in [6.07, 6.45) is -1.74. The zero-order valence-corrected chi connectivity index (χ0v) is 20.1. The van der Waals surface area contributed by atoms with Crippen molar-refractivity contribution in [1.29, 1.82) is 0 Å². The molecule has 5 rings (SSSR count). The van der Waals surface area contributed by atoms with Gasteiger partial charge in [-0.15, -0.1) is 0 Å². The van der Waals surface area contributed by atoms with E-state index in [2.05, 4.69) is 4.98 Å². The number of rotatable bonds is 6. The topological polar surface area (TPSA) is 91.1 Å². The number of carbonyl (C=O) groups excluding carboxylic acids is 1. The molecule has 1 aliphatic heterocycles. The van der Waals surface area contributed by atoms with Gasteiger partial charge in [0.05, 0.1) is 23.1 Å². The Kier molecular flexibility index (Phi) is 6.77. The number of halogens is 3. The molecule has 0 saturated heterocycles. The summed E-state index contributed by atoms with van der Waals surface area (Å²) in [5.74, 6) is -2.91. The summed E-state index contributed by atoms with van der Waals surface area (Å²) in [4.78, 5) is 31.0. The number of fused-ring (bicyclic) bond motifs is 3. The fraction of sp³-hybridized carbons (Fsp3) is 0.222. The van der Waals surface area contributed by atoms with Gasteiger partial charge in [-0.2, -0.15) is 13.2 Å². The van der Waals surface area contributed by atoms with Gasteiger partial charge in [0.1, 0.15) is 23.8 Å². The smallest absolute Gasteiger partial charge is 0.453 e. The molecule has 38 heavy (non-hydrogen) atoms. The predicted octanol–water partition coefficient (Wildman–Crippen LogP) is 5.53. The largest absolute Gasteiger partial charge is 0.478 e. The summed E-state index contributed by atoms with van der Waals surface area (Å²) >= 11 is 0. The first-order valence-corrected chi connectivity index (χ1v) is 11.6. The second-order valence-corrected chi connectivity index (χ2v) is 8.47. The second kappa shape index (κ2) is 10.2. The lowest BCUT2D eigenvalue weighted by atomic mass is 10.1. The first kappa shape index (κ1) is 25.3. The molecule has 3 heterocycles. The zero-order chi connectivity index (χ0) is 26.9. The minimum absolute atomic E-state index is 0.0794. The van der Waals surface area contributed by atoms with Crippen LogP contribution in [-0.4, -0.2) is 29.2 Å². The quantitative estimate of drug-likeness (QED) is 0.303. The first-order valence-electron chi connectivity index (χ1n) is 11.6. The molecule has 0 unspecified atom stereocenters. The molecule has 0 bridgehead atoms. The van der Waals surface area contributed by atoms with E-state index in [0.717, 1.165) is 5.56 Å². The molecule has 0 spiro atoms. The van der Waals surface area contributed by atoms with Crippen molar-refractivity contribution in [2.45, 2.75) is 26.2 Å². The lowest BCUT2D eigenvalue weighted by Crippen LogP contribution is -2.32. The fourth-order valence-electron chi connectivity index (χ4n) is 4.11. The standard InChI is InChI=1S/C27H21F3N2O6/c1-2-35-26(34)17-3-5-18(6-4-17)37-24-22(33)19-7-8-21-20(23(19)38-25(24)27(28,29)30)14-32(15-36-21)13-16-9-11-31-12-10-16/h3-12H,2,13-15H2,1H3. The van der Waals surface area contributed by atoms with Crippen molar-refractivity contribution in [1.82, 2.24) is 9.88 Å². The maximum Gasteiger partial charge on any atom is 0.453 e. The number of ether oxygens (including phenoxy) is 3. The summed E-state index contributed by atoms with van der Waals surface area (Å²) in [5, 5.41) is -0.0794. The van der Waals surface area contributed by atoms with Crippen molar-refractivity contribution < 1.29 is 36.6 Å². The van der Waals surface area contributed by atoms with Gasteiger partial charge in [0.15, 0.2) is 0 Å². The third-order valence-corrected chi connectivity index (χ3v) is 5.86. The molecule has 0 saturated carbocycles. The molecule has 2 aromatic carbocycles. The number of hydrogen-bond acceptors (Lipinski definition) is 8. The van der Waals surface area contributed by atoms with Crippen LogP contribution in [0.3, 0.4) is 0 Å². The average molecular weight is 526 g/mol. The molecule has 2 aromatic heterocycles. The highest BCUT2D eigenvalue weighted by Gasteiger charge is 2.41. The Bertz CT molecular complexity index is 1540. The van der Waals surface area contributed by atoms with E-state index < -0.39 is 29.1 Å². The number of benzene rings is 2. The fourth-order valence-corrected chi connectivity index (χ4v) is 4.11. The molecule has 0 fully saturated rings. The molecule has 0 radical (unpaired) electrons. The monoisotopic (exact) mass is 526 g/mol. The SMILES string of the molecule is CCOC(=O)c1ccc(Oc2c(C(F)(F)F)oc3c4c(ccc3c2=O)OCN(Cc2ccncc2)C4)cc1. The number of esters is 1. The molecule has 4 aromatic rings. The van der Waals surface area contributed by atoms with E-state index >= 15 is 0 Å². The van der Waals surface area contributed by atoms with Gasteiger partial charge in [0.25, 0.3) is 5.76 Å². The highest BCUT2D eigenvalue weighted by Crippen LogP contribution is 2.41. The van der Waals surface area contributed by atoms with Crippen molar-refractivity contribution in [3.05, 3.63) is 93.6 Å². The van der Waals surface area contributed by atoms with Gasteiger partial charge in [-0.1, -0.05) is 0 Å². The van der Waals surface area contributed by atoms with Crippen molar-refractivity contribution >= 4 is 16.9 Å². The minimum Gasteiger partial charge on any atom is -0.478 e. The van der Waals surface area contributed by atoms with Gasteiger partial charge in [-0.05, 0) is 61.0 Å². The lowest BCUT2D eigenvalue weighted by Gasteiger charge is -2.29. The third kappa shape index (κ3) is 5.05. The number of hydrogen-bond donors (Lipinski definition) is 0. The van der Waals surface area contributed by atoms with Crippen molar-refractivity contribution in [2.24, 2.45) is 0 Å². The van der Waals surface area contributed by atoms with Gasteiger partial charge < -0.3 is 18.6 Å². The summed E-state index contributed by atoms with van der Waals surface area (Å²) < 4.78 is 63.7. The van der Waals surface area contributed by atoms with Crippen LogP contribution in [0.15, 0.2) is 70.1 Å². The predicted molar refractivity (Wildman–Crippen MR) is 129 cm³/mol. The highest BCUT2D eigenvalue weighted by atomic mass is 19.4. The van der Waals surface area contributed by atoms with Crippen molar-refractivity contribution in [2.75, 3.05) is 13.3 Å². The average Bonchev–Trinajstić information content (AvgIpc) is 2.90. The number of pyridine rings is 1. The van der Waals surface area contributed by atoms with Crippen molar-refractivity contribution in [3.8, 4) is 17.2 Å². The van der Waals surface area contributed by atoms with Crippen LogP contribution < -0.4 is 14.9 Å². The Morgan fingerprint density at radius 1 is 1.08 bits per heavy atom. The van der Waals surface area contributed by atoms with E-state index in [1.807, 2.05) is 17.0 Å². The summed E-state index contributed by atoms with van der Waals surface area (Å²) in [5.41, 5.74) is 0.250. The molecule has 196 valence electrons. The normalized spacial score (nSPS) is 13.6. The van der Waals surface area contributed by atoms with Crippen LogP contribution in [0.1, 0.15) is 34.2 Å². The molecule has 0 atom stereocenters. The molecule has 0 N–H and O–H groups in total. The van der Waals surface area contributed by atoms with Gasteiger partial charge in [0.2, 0.25) is 11.2 Å². The Morgan fingerprint density at radius 3 is 2.50 bits per heavy atom. The van der Waals surface area contributed by atoms with E-state index in [1.165, 1.54) is 36.4 Å². The van der Waals surface area contributed by atoms with Crippen molar-refractivity contribution in [3.63, 3.8) is 0 Å². The van der Waals surface area contributed by atoms with Gasteiger partial charge in [0, 0.05) is 25.5 Å².